The fourth-order valence-corrected chi connectivity index (χ4v) is 2.65. The molecule has 3 N–H and O–H groups in total. The zero-order valence-corrected chi connectivity index (χ0v) is 10.2. The van der Waals surface area contributed by atoms with Crippen molar-refractivity contribution in [3.8, 4) is 0 Å². The van der Waals surface area contributed by atoms with E-state index in [0.717, 1.165) is 37.0 Å². The predicted molar refractivity (Wildman–Crippen MR) is 67.2 cm³/mol. The lowest BCUT2D eigenvalue weighted by Crippen LogP contribution is -2.15. The minimum absolute atomic E-state index is 0.647. The van der Waals surface area contributed by atoms with Gasteiger partial charge in [0.15, 0.2) is 0 Å². The second-order valence-electron chi connectivity index (χ2n) is 4.85. The van der Waals surface area contributed by atoms with E-state index >= 15 is 0 Å². The monoisotopic (exact) mass is 219 g/mol. The van der Waals surface area contributed by atoms with Crippen LogP contribution < -0.4 is 11.1 Å². The summed E-state index contributed by atoms with van der Waals surface area (Å²) in [6.07, 6.45) is 2.30. The predicted octanol–water partition coefficient (Wildman–Crippen LogP) is 1.76. The van der Waals surface area contributed by atoms with Gasteiger partial charge in [0.2, 0.25) is 0 Å². The summed E-state index contributed by atoms with van der Waals surface area (Å²) in [5.74, 6) is 2.16. The van der Waals surface area contributed by atoms with Gasteiger partial charge in [-0.25, -0.2) is 4.98 Å². The standard InChI is InChI=1S/C13H21N3/c1-3-10-7-15-8-11(10)6-12-4-9(2)5-13(14)16-12/h4-5,10-11,15H,3,6-8H2,1-2H3,(H2,14,16). The van der Waals surface area contributed by atoms with Crippen molar-refractivity contribution in [2.75, 3.05) is 18.8 Å². The van der Waals surface area contributed by atoms with Crippen LogP contribution in [0.5, 0.6) is 0 Å². The topological polar surface area (TPSA) is 50.9 Å². The van der Waals surface area contributed by atoms with Crippen LogP contribution in [-0.4, -0.2) is 18.1 Å². The highest BCUT2D eigenvalue weighted by atomic mass is 14.9. The van der Waals surface area contributed by atoms with Crippen LogP contribution in [0.3, 0.4) is 0 Å². The summed E-state index contributed by atoms with van der Waals surface area (Å²) in [4.78, 5) is 4.42. The summed E-state index contributed by atoms with van der Waals surface area (Å²) >= 11 is 0. The van der Waals surface area contributed by atoms with Crippen LogP contribution in [-0.2, 0) is 6.42 Å². The van der Waals surface area contributed by atoms with E-state index in [0.29, 0.717) is 5.82 Å². The molecule has 0 amide bonds. The van der Waals surface area contributed by atoms with Gasteiger partial charge in [0.25, 0.3) is 0 Å². The van der Waals surface area contributed by atoms with Crippen molar-refractivity contribution in [3.05, 3.63) is 23.4 Å². The van der Waals surface area contributed by atoms with Gasteiger partial charge in [0.05, 0.1) is 0 Å². The Morgan fingerprint density at radius 2 is 2.12 bits per heavy atom. The number of nitrogens with one attached hydrogen (secondary N) is 1. The fourth-order valence-electron chi connectivity index (χ4n) is 2.65. The van der Waals surface area contributed by atoms with Gasteiger partial charge in [-0.05, 0) is 56.0 Å². The smallest absolute Gasteiger partial charge is 0.123 e. The largest absolute Gasteiger partial charge is 0.384 e. The molecule has 2 heterocycles. The zero-order valence-electron chi connectivity index (χ0n) is 10.2. The number of aryl methyl sites for hydroxylation is 1. The Morgan fingerprint density at radius 1 is 1.38 bits per heavy atom. The molecule has 0 radical (unpaired) electrons. The SMILES string of the molecule is CCC1CNCC1Cc1cc(C)cc(N)n1. The average Bonchev–Trinajstić information content (AvgIpc) is 2.63. The Bertz CT molecular complexity index is 342. The molecule has 0 spiro atoms. The van der Waals surface area contributed by atoms with Crippen LogP contribution >= 0.6 is 0 Å². The molecular weight excluding hydrogens is 198 g/mol. The zero-order chi connectivity index (χ0) is 11.5. The molecule has 1 aliphatic heterocycles. The molecular formula is C13H21N3. The van der Waals surface area contributed by atoms with E-state index < -0.39 is 0 Å². The minimum Gasteiger partial charge on any atom is -0.384 e. The number of aromatic nitrogens is 1. The molecule has 3 heteroatoms. The second-order valence-corrected chi connectivity index (χ2v) is 4.85. The first-order valence-electron chi connectivity index (χ1n) is 6.12. The molecule has 1 aromatic heterocycles. The number of nitrogens with zero attached hydrogens (tertiary/aromatic N) is 1. The molecule has 1 aliphatic rings. The fraction of sp³-hybridized carbons (Fsp3) is 0.615. The van der Waals surface area contributed by atoms with Gasteiger partial charge in [-0.2, -0.15) is 0 Å². The van der Waals surface area contributed by atoms with Crippen LogP contribution in [0, 0.1) is 18.8 Å². The maximum Gasteiger partial charge on any atom is 0.123 e. The Morgan fingerprint density at radius 3 is 2.81 bits per heavy atom. The van der Waals surface area contributed by atoms with E-state index in [2.05, 4.69) is 30.2 Å². The van der Waals surface area contributed by atoms with Gasteiger partial charge < -0.3 is 11.1 Å². The first-order chi connectivity index (χ1) is 7.69. The van der Waals surface area contributed by atoms with Crippen LogP contribution in [0.2, 0.25) is 0 Å². The Balaban J connectivity index is 2.08. The van der Waals surface area contributed by atoms with Crippen LogP contribution in [0.25, 0.3) is 0 Å². The maximum atomic E-state index is 5.77. The van der Waals surface area contributed by atoms with E-state index in [1.165, 1.54) is 12.0 Å². The molecule has 2 atom stereocenters. The molecule has 0 bridgehead atoms. The second kappa shape index (κ2) is 4.83. The molecule has 0 aromatic carbocycles. The van der Waals surface area contributed by atoms with Crippen molar-refractivity contribution < 1.29 is 0 Å². The summed E-state index contributed by atoms with van der Waals surface area (Å²) < 4.78 is 0. The van der Waals surface area contributed by atoms with E-state index in [1.54, 1.807) is 0 Å². The number of hydrogen-bond acceptors (Lipinski definition) is 3. The summed E-state index contributed by atoms with van der Waals surface area (Å²) in [6.45, 7) is 6.62. The number of nitrogen functional groups attached to an aromatic ring is 1. The van der Waals surface area contributed by atoms with Crippen LogP contribution in [0.4, 0.5) is 5.82 Å². The Kier molecular flexibility index (Phi) is 3.44. The minimum atomic E-state index is 0.647. The number of rotatable bonds is 3. The molecule has 88 valence electrons. The maximum absolute atomic E-state index is 5.77. The third-order valence-corrected chi connectivity index (χ3v) is 3.52. The first kappa shape index (κ1) is 11.4. The number of nitrogens with two attached hydrogens (primary N) is 1. The van der Waals surface area contributed by atoms with Gasteiger partial charge in [0.1, 0.15) is 5.82 Å². The number of pyridine rings is 1. The lowest BCUT2D eigenvalue weighted by molar-refractivity contribution is 0.403. The van der Waals surface area contributed by atoms with Crippen LogP contribution in [0.15, 0.2) is 12.1 Å². The number of anilines is 1. The van der Waals surface area contributed by atoms with Gasteiger partial charge >= 0.3 is 0 Å². The molecule has 2 rings (SSSR count). The summed E-state index contributed by atoms with van der Waals surface area (Å²) in [5.41, 5.74) is 8.13. The van der Waals surface area contributed by atoms with E-state index in [9.17, 15) is 0 Å². The van der Waals surface area contributed by atoms with Crippen molar-refractivity contribution in [3.63, 3.8) is 0 Å². The van der Waals surface area contributed by atoms with Gasteiger partial charge in [-0.15, -0.1) is 0 Å². The average molecular weight is 219 g/mol. The van der Waals surface area contributed by atoms with E-state index in [4.69, 9.17) is 5.73 Å². The number of hydrogen-bond donors (Lipinski definition) is 2. The quantitative estimate of drug-likeness (QED) is 0.814. The van der Waals surface area contributed by atoms with E-state index in [-0.39, 0.29) is 0 Å². The summed E-state index contributed by atoms with van der Waals surface area (Å²) in [6, 6.07) is 4.08. The molecule has 1 saturated heterocycles. The van der Waals surface area contributed by atoms with Gasteiger partial charge in [0, 0.05) is 5.69 Å². The van der Waals surface area contributed by atoms with Crippen molar-refractivity contribution in [1.82, 2.24) is 10.3 Å². The highest BCUT2D eigenvalue weighted by Gasteiger charge is 2.25. The van der Waals surface area contributed by atoms with E-state index in [1.807, 2.05) is 6.07 Å². The molecule has 1 fully saturated rings. The van der Waals surface area contributed by atoms with Crippen molar-refractivity contribution >= 4 is 5.82 Å². The molecule has 1 aromatic rings. The first-order valence-corrected chi connectivity index (χ1v) is 6.12. The molecule has 3 nitrogen and oxygen atoms in total. The highest BCUT2D eigenvalue weighted by Crippen LogP contribution is 2.24. The highest BCUT2D eigenvalue weighted by molar-refractivity contribution is 5.34. The normalized spacial score (nSPS) is 24.9. The molecule has 16 heavy (non-hydrogen) atoms. The molecule has 0 aliphatic carbocycles. The van der Waals surface area contributed by atoms with Gasteiger partial charge in [-0.1, -0.05) is 13.3 Å². The Labute approximate surface area is 97.5 Å². The van der Waals surface area contributed by atoms with Crippen molar-refractivity contribution in [1.29, 1.82) is 0 Å². The molecule has 0 saturated carbocycles. The summed E-state index contributed by atoms with van der Waals surface area (Å²) in [7, 11) is 0. The lowest BCUT2D eigenvalue weighted by atomic mass is 9.89. The Hall–Kier alpha value is -1.09. The third kappa shape index (κ3) is 2.53. The van der Waals surface area contributed by atoms with Crippen LogP contribution in [0.1, 0.15) is 24.6 Å². The summed E-state index contributed by atoms with van der Waals surface area (Å²) in [5, 5.41) is 3.46. The lowest BCUT2D eigenvalue weighted by Gasteiger charge is -2.16. The van der Waals surface area contributed by atoms with Gasteiger partial charge in [-0.3, -0.25) is 0 Å². The van der Waals surface area contributed by atoms with Crippen molar-refractivity contribution in [2.45, 2.75) is 26.7 Å². The molecule has 2 unspecified atom stereocenters. The van der Waals surface area contributed by atoms with Crippen molar-refractivity contribution in [2.24, 2.45) is 11.8 Å². The third-order valence-electron chi connectivity index (χ3n) is 3.52.